The number of amides is 1. The molecule has 0 radical (unpaired) electrons. The van der Waals surface area contributed by atoms with Crippen molar-refractivity contribution >= 4 is 5.91 Å². The minimum atomic E-state index is 0.294. The van der Waals surface area contributed by atoms with Crippen LogP contribution < -0.4 is 5.32 Å². The highest BCUT2D eigenvalue weighted by molar-refractivity contribution is 5.77. The van der Waals surface area contributed by atoms with Crippen molar-refractivity contribution in [1.82, 2.24) is 10.2 Å². The SMILES string of the molecule is CC(C)CC(=O)N1CCNCC1Cc1ccccc1. The molecule has 1 aromatic rings. The Balaban J connectivity index is 2.01. The Morgan fingerprint density at radius 1 is 1.37 bits per heavy atom. The fraction of sp³-hybridized carbons (Fsp3) is 0.562. The van der Waals surface area contributed by atoms with E-state index in [1.54, 1.807) is 0 Å². The fourth-order valence-electron chi connectivity index (χ4n) is 2.62. The highest BCUT2D eigenvalue weighted by atomic mass is 16.2. The van der Waals surface area contributed by atoms with Crippen LogP contribution in [0.15, 0.2) is 30.3 Å². The highest BCUT2D eigenvalue weighted by Crippen LogP contribution is 2.14. The van der Waals surface area contributed by atoms with Crippen LogP contribution in [-0.4, -0.2) is 36.5 Å². The zero-order valence-electron chi connectivity index (χ0n) is 11.9. The van der Waals surface area contributed by atoms with Crippen molar-refractivity contribution in [2.75, 3.05) is 19.6 Å². The maximum absolute atomic E-state index is 12.3. The molecule has 1 amide bonds. The second-order valence-electron chi connectivity index (χ2n) is 5.73. The molecule has 3 nitrogen and oxygen atoms in total. The lowest BCUT2D eigenvalue weighted by Gasteiger charge is -2.37. The van der Waals surface area contributed by atoms with Gasteiger partial charge in [-0.2, -0.15) is 0 Å². The van der Waals surface area contributed by atoms with Gasteiger partial charge in [-0.05, 0) is 17.9 Å². The monoisotopic (exact) mass is 260 g/mol. The van der Waals surface area contributed by atoms with Crippen LogP contribution in [0, 0.1) is 5.92 Å². The standard InChI is InChI=1S/C16H24N2O/c1-13(2)10-16(19)18-9-8-17-12-15(18)11-14-6-4-3-5-7-14/h3-7,13,15,17H,8-12H2,1-2H3. The van der Waals surface area contributed by atoms with E-state index in [2.05, 4.69) is 48.3 Å². The van der Waals surface area contributed by atoms with Gasteiger partial charge in [0.15, 0.2) is 0 Å². The third kappa shape index (κ3) is 4.06. The molecule has 3 heteroatoms. The fourth-order valence-corrected chi connectivity index (χ4v) is 2.62. The van der Waals surface area contributed by atoms with Crippen molar-refractivity contribution < 1.29 is 4.79 Å². The van der Waals surface area contributed by atoms with Gasteiger partial charge in [0.05, 0.1) is 0 Å². The number of nitrogens with one attached hydrogen (secondary N) is 1. The van der Waals surface area contributed by atoms with E-state index in [0.717, 1.165) is 26.1 Å². The van der Waals surface area contributed by atoms with Gasteiger partial charge in [0.25, 0.3) is 0 Å². The van der Waals surface area contributed by atoms with Crippen LogP contribution in [0.25, 0.3) is 0 Å². The first-order valence-electron chi connectivity index (χ1n) is 7.21. The summed E-state index contributed by atoms with van der Waals surface area (Å²) in [6.07, 6.45) is 1.60. The molecule has 0 aliphatic carbocycles. The van der Waals surface area contributed by atoms with E-state index in [9.17, 15) is 4.79 Å². The number of benzene rings is 1. The molecule has 1 aliphatic heterocycles. The minimum Gasteiger partial charge on any atom is -0.337 e. The van der Waals surface area contributed by atoms with Crippen molar-refractivity contribution in [3.05, 3.63) is 35.9 Å². The Labute approximate surface area is 116 Å². The van der Waals surface area contributed by atoms with Crippen LogP contribution >= 0.6 is 0 Å². The molecule has 2 rings (SSSR count). The van der Waals surface area contributed by atoms with E-state index in [0.29, 0.717) is 24.3 Å². The predicted molar refractivity (Wildman–Crippen MR) is 78.0 cm³/mol. The van der Waals surface area contributed by atoms with Crippen molar-refractivity contribution in [1.29, 1.82) is 0 Å². The average molecular weight is 260 g/mol. The van der Waals surface area contributed by atoms with Gasteiger partial charge >= 0.3 is 0 Å². The zero-order chi connectivity index (χ0) is 13.7. The summed E-state index contributed by atoms with van der Waals surface area (Å²) in [5.74, 6) is 0.734. The molecule has 1 aliphatic rings. The molecule has 0 aromatic heterocycles. The summed E-state index contributed by atoms with van der Waals surface area (Å²) in [7, 11) is 0. The first-order valence-corrected chi connectivity index (χ1v) is 7.21. The average Bonchev–Trinajstić information content (AvgIpc) is 2.39. The molecular formula is C16H24N2O. The van der Waals surface area contributed by atoms with Crippen LogP contribution in [0.4, 0.5) is 0 Å². The molecular weight excluding hydrogens is 236 g/mol. The van der Waals surface area contributed by atoms with Crippen LogP contribution in [0.2, 0.25) is 0 Å². The molecule has 0 spiro atoms. The molecule has 1 fully saturated rings. The van der Waals surface area contributed by atoms with Gasteiger partial charge in [0.2, 0.25) is 5.91 Å². The summed E-state index contributed by atoms with van der Waals surface area (Å²) in [5.41, 5.74) is 1.30. The molecule has 19 heavy (non-hydrogen) atoms. The molecule has 1 aromatic carbocycles. The van der Waals surface area contributed by atoms with Gasteiger partial charge in [0.1, 0.15) is 0 Å². The van der Waals surface area contributed by atoms with Crippen LogP contribution in [-0.2, 0) is 11.2 Å². The summed E-state index contributed by atoms with van der Waals surface area (Å²) < 4.78 is 0. The van der Waals surface area contributed by atoms with Crippen molar-refractivity contribution in [3.63, 3.8) is 0 Å². The lowest BCUT2D eigenvalue weighted by atomic mass is 10.0. The second-order valence-corrected chi connectivity index (χ2v) is 5.73. The molecule has 1 unspecified atom stereocenters. The van der Waals surface area contributed by atoms with Crippen LogP contribution in [0.1, 0.15) is 25.8 Å². The number of rotatable bonds is 4. The Kier molecular flexibility index (Phi) is 4.97. The van der Waals surface area contributed by atoms with Gasteiger partial charge < -0.3 is 10.2 Å². The Morgan fingerprint density at radius 3 is 2.79 bits per heavy atom. The second kappa shape index (κ2) is 6.71. The first kappa shape index (κ1) is 14.1. The molecule has 0 bridgehead atoms. The Hall–Kier alpha value is -1.35. The zero-order valence-corrected chi connectivity index (χ0v) is 11.9. The number of piperazine rings is 1. The Bertz CT molecular complexity index is 402. The summed E-state index contributed by atoms with van der Waals surface area (Å²) >= 11 is 0. The van der Waals surface area contributed by atoms with E-state index in [1.807, 2.05) is 6.07 Å². The molecule has 1 N–H and O–H groups in total. The third-order valence-electron chi connectivity index (χ3n) is 3.57. The first-order chi connectivity index (χ1) is 9.16. The minimum absolute atomic E-state index is 0.294. The topological polar surface area (TPSA) is 32.3 Å². The van der Waals surface area contributed by atoms with Crippen LogP contribution in [0.5, 0.6) is 0 Å². The quantitative estimate of drug-likeness (QED) is 0.899. The number of carbonyl (C=O) groups excluding carboxylic acids is 1. The normalized spacial score (nSPS) is 19.7. The lowest BCUT2D eigenvalue weighted by Crippen LogP contribution is -2.54. The van der Waals surface area contributed by atoms with E-state index in [4.69, 9.17) is 0 Å². The highest BCUT2D eigenvalue weighted by Gasteiger charge is 2.26. The van der Waals surface area contributed by atoms with Gasteiger partial charge in [-0.3, -0.25) is 4.79 Å². The largest absolute Gasteiger partial charge is 0.337 e. The summed E-state index contributed by atoms with van der Waals surface area (Å²) in [4.78, 5) is 14.4. The number of nitrogens with zero attached hydrogens (tertiary/aromatic N) is 1. The number of hydrogen-bond acceptors (Lipinski definition) is 2. The molecule has 1 heterocycles. The van der Waals surface area contributed by atoms with Gasteiger partial charge in [-0.15, -0.1) is 0 Å². The van der Waals surface area contributed by atoms with E-state index < -0.39 is 0 Å². The Morgan fingerprint density at radius 2 is 2.11 bits per heavy atom. The predicted octanol–water partition coefficient (Wildman–Crippen LogP) is 2.08. The maximum Gasteiger partial charge on any atom is 0.223 e. The molecule has 1 atom stereocenters. The number of hydrogen-bond donors (Lipinski definition) is 1. The van der Waals surface area contributed by atoms with Crippen molar-refractivity contribution in [2.24, 2.45) is 5.92 Å². The molecule has 104 valence electrons. The summed E-state index contributed by atoms with van der Waals surface area (Å²) in [5, 5.41) is 3.40. The van der Waals surface area contributed by atoms with E-state index in [-0.39, 0.29) is 0 Å². The maximum atomic E-state index is 12.3. The summed E-state index contributed by atoms with van der Waals surface area (Å²) in [6.45, 7) is 6.86. The summed E-state index contributed by atoms with van der Waals surface area (Å²) in [6, 6.07) is 10.7. The van der Waals surface area contributed by atoms with Crippen molar-refractivity contribution in [3.8, 4) is 0 Å². The van der Waals surface area contributed by atoms with E-state index >= 15 is 0 Å². The lowest BCUT2D eigenvalue weighted by molar-refractivity contribution is -0.135. The third-order valence-corrected chi connectivity index (χ3v) is 3.57. The molecule has 0 saturated carbocycles. The van der Waals surface area contributed by atoms with E-state index in [1.165, 1.54) is 5.56 Å². The molecule has 1 saturated heterocycles. The number of carbonyl (C=O) groups is 1. The van der Waals surface area contributed by atoms with Crippen LogP contribution in [0.3, 0.4) is 0 Å². The van der Waals surface area contributed by atoms with Gasteiger partial charge in [-0.1, -0.05) is 44.2 Å². The van der Waals surface area contributed by atoms with Gasteiger partial charge in [-0.25, -0.2) is 0 Å². The smallest absolute Gasteiger partial charge is 0.223 e. The van der Waals surface area contributed by atoms with Crippen molar-refractivity contribution in [2.45, 2.75) is 32.7 Å². The van der Waals surface area contributed by atoms with Gasteiger partial charge in [0, 0.05) is 32.1 Å².